The fourth-order valence-corrected chi connectivity index (χ4v) is 6.78. The molecule has 1 radical (unpaired) electrons. The molecule has 5 heteroatoms. The molecule has 0 amide bonds. The second kappa shape index (κ2) is 12.9. The Balaban J connectivity index is 0.00000348. The van der Waals surface area contributed by atoms with Gasteiger partial charge in [0.2, 0.25) is 0 Å². The molecular formula is C44H30CuN4+2. The zero-order valence-corrected chi connectivity index (χ0v) is 27.3. The molecule has 8 bridgehead atoms. The van der Waals surface area contributed by atoms with Gasteiger partial charge in [-0.1, -0.05) is 121 Å². The standard InChI is InChI=1S/C44H30N4.Cu/c1-5-13-29(14-6-1)38-27-37-26-35-22-21-33(45-35)25-34-23-24-36(46-34)28-39-40(30-15-7-2-8-16-30)41(31-17-9-3-10-18-31)44(48-39)42(43(38)47-37)32-19-11-4-12-20-32;/h1-28,45,48H;/q;+2. The van der Waals surface area contributed by atoms with E-state index in [9.17, 15) is 0 Å². The van der Waals surface area contributed by atoms with Crippen LogP contribution in [0, 0.1) is 0 Å². The summed E-state index contributed by atoms with van der Waals surface area (Å²) in [5.41, 5.74) is 16.3. The van der Waals surface area contributed by atoms with Crippen LogP contribution < -0.4 is 0 Å². The van der Waals surface area contributed by atoms with Crippen molar-refractivity contribution in [2.45, 2.75) is 0 Å². The van der Waals surface area contributed by atoms with Gasteiger partial charge in [0, 0.05) is 38.8 Å². The maximum absolute atomic E-state index is 5.42. The van der Waals surface area contributed by atoms with Crippen molar-refractivity contribution in [2.75, 3.05) is 0 Å². The second-order valence-corrected chi connectivity index (χ2v) is 12.0. The minimum absolute atomic E-state index is 0. The van der Waals surface area contributed by atoms with E-state index in [4.69, 9.17) is 9.97 Å². The Hall–Kier alpha value is -6.00. The summed E-state index contributed by atoms with van der Waals surface area (Å²) in [4.78, 5) is 17.9. The second-order valence-electron chi connectivity index (χ2n) is 12.0. The zero-order valence-electron chi connectivity index (χ0n) is 26.4. The van der Waals surface area contributed by atoms with Crippen LogP contribution in [0.2, 0.25) is 0 Å². The van der Waals surface area contributed by atoms with Crippen molar-refractivity contribution in [1.82, 2.24) is 19.9 Å². The van der Waals surface area contributed by atoms with E-state index >= 15 is 0 Å². The van der Waals surface area contributed by atoms with E-state index < -0.39 is 0 Å². The molecule has 2 aliphatic rings. The molecule has 235 valence electrons. The summed E-state index contributed by atoms with van der Waals surface area (Å²) < 4.78 is 0. The average Bonchev–Trinajstić information content (AvgIpc) is 3.94. The maximum atomic E-state index is 5.42. The van der Waals surface area contributed by atoms with Gasteiger partial charge in [-0.05, 0) is 70.8 Å². The van der Waals surface area contributed by atoms with Crippen molar-refractivity contribution in [3.8, 4) is 33.4 Å². The van der Waals surface area contributed by atoms with Crippen LogP contribution >= 0.6 is 0 Å². The molecule has 0 saturated heterocycles. The summed E-state index contributed by atoms with van der Waals surface area (Å²) in [5.74, 6) is 0. The summed E-state index contributed by atoms with van der Waals surface area (Å²) in [6.45, 7) is 0. The van der Waals surface area contributed by atoms with E-state index in [0.717, 1.165) is 89.4 Å². The van der Waals surface area contributed by atoms with Crippen molar-refractivity contribution in [3.63, 3.8) is 0 Å². The van der Waals surface area contributed by atoms with Gasteiger partial charge >= 0.3 is 17.1 Å². The number of fused-ring (bicyclic) bond motifs is 8. The van der Waals surface area contributed by atoms with Gasteiger partial charge in [0.1, 0.15) is 0 Å². The minimum atomic E-state index is 0. The van der Waals surface area contributed by atoms with Crippen LogP contribution in [0.4, 0.5) is 0 Å². The Morgan fingerprint density at radius 3 is 1.49 bits per heavy atom. The zero-order chi connectivity index (χ0) is 31.9. The predicted octanol–water partition coefficient (Wildman–Crippen LogP) is 11.1. The van der Waals surface area contributed by atoms with Crippen LogP contribution in [0.3, 0.4) is 0 Å². The van der Waals surface area contributed by atoms with Gasteiger partial charge in [0.05, 0.1) is 28.3 Å². The average molecular weight is 678 g/mol. The van der Waals surface area contributed by atoms with Crippen LogP contribution in [-0.2, 0) is 17.1 Å². The minimum Gasteiger partial charge on any atom is -0.355 e. The Morgan fingerprint density at radius 1 is 0.408 bits per heavy atom. The van der Waals surface area contributed by atoms with Crippen molar-refractivity contribution in [2.24, 2.45) is 0 Å². The molecule has 0 spiro atoms. The van der Waals surface area contributed by atoms with Gasteiger partial charge in [0.15, 0.2) is 0 Å². The van der Waals surface area contributed by atoms with E-state index in [1.165, 1.54) is 0 Å². The summed E-state index contributed by atoms with van der Waals surface area (Å²) in [6.07, 6.45) is 6.35. The molecular weight excluding hydrogens is 648 g/mol. The van der Waals surface area contributed by atoms with Gasteiger partial charge in [0.25, 0.3) is 0 Å². The third-order valence-corrected chi connectivity index (χ3v) is 8.89. The fraction of sp³-hybridized carbons (Fsp3) is 0. The SMILES string of the molecule is C1=Cc2cc3[nH]c(c(-c4ccccc4)c4nc(cc5ccc(cc1n2)[nH]5)C=C4c1ccccc1)c(-c1ccccc1)c3-c1ccccc1.[Cu+2]. The van der Waals surface area contributed by atoms with E-state index in [0.29, 0.717) is 0 Å². The molecule has 4 nitrogen and oxygen atoms in total. The molecule has 0 unspecified atom stereocenters. The first kappa shape index (κ1) is 30.3. The van der Waals surface area contributed by atoms with Gasteiger partial charge < -0.3 is 9.97 Å². The Bertz CT molecular complexity index is 2530. The smallest absolute Gasteiger partial charge is 0.355 e. The number of H-pyrrole nitrogens is 2. The number of aromatic nitrogens is 4. The fourth-order valence-electron chi connectivity index (χ4n) is 6.78. The summed E-state index contributed by atoms with van der Waals surface area (Å²) in [7, 11) is 0. The number of aromatic amines is 2. The summed E-state index contributed by atoms with van der Waals surface area (Å²) in [6, 6.07) is 53.0. The van der Waals surface area contributed by atoms with Gasteiger partial charge in [-0.2, -0.15) is 0 Å². The van der Waals surface area contributed by atoms with Gasteiger partial charge in [-0.15, -0.1) is 0 Å². The Labute approximate surface area is 295 Å². The number of nitrogens with zero attached hydrogens (tertiary/aromatic N) is 2. The molecule has 0 fully saturated rings. The molecule has 0 atom stereocenters. The van der Waals surface area contributed by atoms with E-state index in [1.807, 2.05) is 0 Å². The molecule has 0 saturated carbocycles. The maximum Gasteiger partial charge on any atom is 2.00 e. The molecule has 0 aliphatic carbocycles. The topological polar surface area (TPSA) is 57.4 Å². The normalized spacial score (nSPS) is 12.0. The van der Waals surface area contributed by atoms with E-state index in [2.05, 4.69) is 180 Å². The van der Waals surface area contributed by atoms with Crippen LogP contribution in [0.25, 0.3) is 79.2 Å². The number of benzene rings is 4. The van der Waals surface area contributed by atoms with Crippen molar-refractivity contribution in [1.29, 1.82) is 0 Å². The van der Waals surface area contributed by atoms with Crippen molar-refractivity contribution in [3.05, 3.63) is 180 Å². The number of rotatable bonds is 4. The Morgan fingerprint density at radius 2 is 0.898 bits per heavy atom. The molecule has 2 N–H and O–H groups in total. The molecule has 2 aliphatic heterocycles. The first-order valence-electron chi connectivity index (χ1n) is 16.2. The largest absolute Gasteiger partial charge is 2.00 e. The Kier molecular flexibility index (Phi) is 7.98. The van der Waals surface area contributed by atoms with Crippen LogP contribution in [0.5, 0.6) is 0 Å². The van der Waals surface area contributed by atoms with Crippen LogP contribution in [0.1, 0.15) is 28.3 Å². The van der Waals surface area contributed by atoms with Gasteiger partial charge in [-0.3, -0.25) is 0 Å². The third kappa shape index (κ3) is 5.76. The number of nitrogens with one attached hydrogen (secondary N) is 2. The first-order valence-corrected chi connectivity index (χ1v) is 16.2. The van der Waals surface area contributed by atoms with E-state index in [1.54, 1.807) is 0 Å². The quantitative estimate of drug-likeness (QED) is 0.182. The predicted molar refractivity (Wildman–Crippen MR) is 200 cm³/mol. The molecule has 4 aromatic carbocycles. The number of hydrogen-bond acceptors (Lipinski definition) is 2. The monoisotopic (exact) mass is 677 g/mol. The third-order valence-electron chi connectivity index (χ3n) is 8.89. The molecule has 49 heavy (non-hydrogen) atoms. The van der Waals surface area contributed by atoms with Crippen LogP contribution in [-0.4, -0.2) is 19.9 Å². The van der Waals surface area contributed by atoms with Gasteiger partial charge in [-0.25, -0.2) is 9.97 Å². The molecule has 5 heterocycles. The van der Waals surface area contributed by atoms with Crippen LogP contribution in [0.15, 0.2) is 152 Å². The molecule has 3 aromatic heterocycles. The summed E-state index contributed by atoms with van der Waals surface area (Å²) in [5, 5.41) is 0. The number of hydrogen-bond donors (Lipinski definition) is 2. The van der Waals surface area contributed by atoms with E-state index in [-0.39, 0.29) is 17.1 Å². The van der Waals surface area contributed by atoms with Crippen molar-refractivity contribution < 1.29 is 17.1 Å². The summed E-state index contributed by atoms with van der Waals surface area (Å²) >= 11 is 0. The first-order chi connectivity index (χ1) is 23.8. The van der Waals surface area contributed by atoms with Crippen molar-refractivity contribution >= 4 is 45.9 Å². The molecule has 7 aromatic rings. The molecule has 9 rings (SSSR count).